The molecule has 2 fully saturated rings. The third kappa shape index (κ3) is 3.19. The van der Waals surface area contributed by atoms with Crippen LogP contribution in [0.2, 0.25) is 10.2 Å². The smallest absolute Gasteiger partial charge is 0.255 e. The lowest BCUT2D eigenvalue weighted by Gasteiger charge is -2.34. The molecule has 0 radical (unpaired) electrons. The first-order chi connectivity index (χ1) is 10.2. The van der Waals surface area contributed by atoms with Crippen LogP contribution in [0.25, 0.3) is 0 Å². The number of amides is 1. The molecule has 1 saturated carbocycles. The third-order valence-electron chi connectivity index (χ3n) is 4.80. The highest BCUT2D eigenvalue weighted by Gasteiger charge is 2.35. The molecule has 1 atom stereocenters. The van der Waals surface area contributed by atoms with Crippen molar-refractivity contribution in [2.45, 2.75) is 51.0 Å². The predicted octanol–water partition coefficient (Wildman–Crippen LogP) is 4.57. The van der Waals surface area contributed by atoms with Gasteiger partial charge < -0.3 is 4.90 Å². The Morgan fingerprint density at radius 2 is 1.90 bits per heavy atom. The van der Waals surface area contributed by atoms with Crippen LogP contribution in [0.1, 0.15) is 55.3 Å². The van der Waals surface area contributed by atoms with E-state index in [-0.39, 0.29) is 11.1 Å². The second-order valence-electron chi connectivity index (χ2n) is 6.10. The van der Waals surface area contributed by atoms with Crippen LogP contribution < -0.4 is 0 Å². The maximum Gasteiger partial charge on any atom is 0.255 e. The van der Waals surface area contributed by atoms with E-state index in [1.165, 1.54) is 38.3 Å². The number of nitrogens with zero attached hydrogens (tertiary/aromatic N) is 2. The van der Waals surface area contributed by atoms with Crippen LogP contribution >= 0.6 is 23.2 Å². The normalized spacial score (nSPS) is 23.5. The minimum atomic E-state index is 0.0501. The van der Waals surface area contributed by atoms with Crippen molar-refractivity contribution in [1.29, 1.82) is 0 Å². The summed E-state index contributed by atoms with van der Waals surface area (Å²) in [5.41, 5.74) is 0.548. The van der Waals surface area contributed by atoms with Crippen LogP contribution in [0.4, 0.5) is 0 Å². The van der Waals surface area contributed by atoms with Crippen molar-refractivity contribution in [2.24, 2.45) is 5.92 Å². The van der Waals surface area contributed by atoms with Crippen molar-refractivity contribution in [1.82, 2.24) is 9.88 Å². The number of pyridine rings is 1. The first kappa shape index (κ1) is 15.1. The molecule has 1 aromatic heterocycles. The molecule has 114 valence electrons. The second kappa shape index (κ2) is 6.53. The lowest BCUT2D eigenvalue weighted by atomic mass is 9.83. The molecular formula is C16H20Cl2N2O. The second-order valence-corrected chi connectivity index (χ2v) is 6.87. The summed E-state index contributed by atoms with van der Waals surface area (Å²) in [4.78, 5) is 18.8. The summed E-state index contributed by atoms with van der Waals surface area (Å²) in [5.74, 6) is 0.718. The Bertz CT molecular complexity index is 529. The average molecular weight is 327 g/mol. The summed E-state index contributed by atoms with van der Waals surface area (Å²) in [7, 11) is 0. The number of carbonyl (C=O) groups is 1. The summed E-state index contributed by atoms with van der Waals surface area (Å²) in [5, 5.41) is 0.592. The highest BCUT2D eigenvalue weighted by molar-refractivity contribution is 6.41. The molecule has 2 heterocycles. The molecule has 1 aliphatic carbocycles. The van der Waals surface area contributed by atoms with Gasteiger partial charge in [0.15, 0.2) is 0 Å². The largest absolute Gasteiger partial charge is 0.335 e. The van der Waals surface area contributed by atoms with Gasteiger partial charge >= 0.3 is 0 Å². The van der Waals surface area contributed by atoms with Gasteiger partial charge in [-0.3, -0.25) is 4.79 Å². The van der Waals surface area contributed by atoms with Gasteiger partial charge in [0.25, 0.3) is 5.91 Å². The van der Waals surface area contributed by atoms with Crippen LogP contribution in [-0.2, 0) is 0 Å². The van der Waals surface area contributed by atoms with Crippen LogP contribution in [0.15, 0.2) is 12.3 Å². The minimum absolute atomic E-state index is 0.0501. The Kier molecular flexibility index (Phi) is 4.70. The molecule has 3 nitrogen and oxygen atoms in total. The average Bonchev–Trinajstić information content (AvgIpc) is 2.99. The molecule has 1 aliphatic heterocycles. The zero-order chi connectivity index (χ0) is 14.8. The zero-order valence-corrected chi connectivity index (χ0v) is 13.5. The van der Waals surface area contributed by atoms with E-state index in [9.17, 15) is 4.79 Å². The zero-order valence-electron chi connectivity index (χ0n) is 12.0. The van der Waals surface area contributed by atoms with E-state index in [1.54, 1.807) is 6.07 Å². The minimum Gasteiger partial charge on any atom is -0.335 e. The number of likely N-dealkylation sites (tertiary alicyclic amines) is 1. The molecule has 0 N–H and O–H groups in total. The molecule has 0 bridgehead atoms. The Labute approximate surface area is 135 Å². The molecule has 0 spiro atoms. The van der Waals surface area contributed by atoms with Crippen LogP contribution in [0, 0.1) is 5.92 Å². The highest BCUT2D eigenvalue weighted by atomic mass is 35.5. The summed E-state index contributed by atoms with van der Waals surface area (Å²) >= 11 is 11.8. The number of halogens is 2. The SMILES string of the molecule is O=C(c1cnc(Cl)c(Cl)c1)N1CCCC1C1CCCCC1. The first-order valence-electron chi connectivity index (χ1n) is 7.79. The van der Waals surface area contributed by atoms with Crippen molar-refractivity contribution in [3.63, 3.8) is 0 Å². The van der Waals surface area contributed by atoms with E-state index in [0.717, 1.165) is 19.4 Å². The fraction of sp³-hybridized carbons (Fsp3) is 0.625. The molecule has 1 saturated heterocycles. The lowest BCUT2D eigenvalue weighted by Crippen LogP contribution is -2.40. The van der Waals surface area contributed by atoms with E-state index in [0.29, 0.717) is 22.5 Å². The Morgan fingerprint density at radius 3 is 2.62 bits per heavy atom. The molecule has 3 rings (SSSR count). The van der Waals surface area contributed by atoms with Gasteiger partial charge in [-0.1, -0.05) is 42.5 Å². The maximum atomic E-state index is 12.7. The van der Waals surface area contributed by atoms with Crippen molar-refractivity contribution in [3.8, 4) is 0 Å². The van der Waals surface area contributed by atoms with E-state index >= 15 is 0 Å². The Hall–Kier alpha value is -0.800. The molecule has 21 heavy (non-hydrogen) atoms. The molecular weight excluding hydrogens is 307 g/mol. The molecule has 1 amide bonds. The maximum absolute atomic E-state index is 12.7. The van der Waals surface area contributed by atoms with Crippen LogP contribution in [0.5, 0.6) is 0 Å². The summed E-state index contributed by atoms with van der Waals surface area (Å²) in [6.07, 6.45) is 10.2. The van der Waals surface area contributed by atoms with Gasteiger partial charge in [-0.15, -0.1) is 0 Å². The number of rotatable bonds is 2. The van der Waals surface area contributed by atoms with Gasteiger partial charge in [0.1, 0.15) is 5.15 Å². The molecule has 1 unspecified atom stereocenters. The van der Waals surface area contributed by atoms with E-state index in [2.05, 4.69) is 4.98 Å². The van der Waals surface area contributed by atoms with Gasteiger partial charge in [0.2, 0.25) is 0 Å². The molecule has 2 aliphatic rings. The van der Waals surface area contributed by atoms with E-state index < -0.39 is 0 Å². The van der Waals surface area contributed by atoms with Crippen molar-refractivity contribution >= 4 is 29.1 Å². The number of carbonyl (C=O) groups excluding carboxylic acids is 1. The summed E-state index contributed by atoms with van der Waals surface area (Å²) in [6, 6.07) is 2.03. The van der Waals surface area contributed by atoms with Crippen molar-refractivity contribution in [3.05, 3.63) is 28.0 Å². The summed E-state index contributed by atoms with van der Waals surface area (Å²) in [6.45, 7) is 0.847. The van der Waals surface area contributed by atoms with Gasteiger partial charge in [0, 0.05) is 18.8 Å². The van der Waals surface area contributed by atoms with E-state index in [1.807, 2.05) is 4.90 Å². The standard InChI is InChI=1S/C16H20Cl2N2O/c17-13-9-12(10-19-15(13)18)16(21)20-8-4-7-14(20)11-5-2-1-3-6-11/h9-11,14H,1-8H2. The van der Waals surface area contributed by atoms with Gasteiger partial charge in [-0.2, -0.15) is 0 Å². The molecule has 5 heteroatoms. The predicted molar refractivity (Wildman–Crippen MR) is 84.9 cm³/mol. The Morgan fingerprint density at radius 1 is 1.14 bits per heavy atom. The van der Waals surface area contributed by atoms with Gasteiger partial charge in [0.05, 0.1) is 10.6 Å². The van der Waals surface area contributed by atoms with Gasteiger partial charge in [-0.05, 0) is 37.7 Å². The molecule has 1 aromatic rings. The third-order valence-corrected chi connectivity index (χ3v) is 5.48. The van der Waals surface area contributed by atoms with Crippen LogP contribution in [-0.4, -0.2) is 28.4 Å². The van der Waals surface area contributed by atoms with Gasteiger partial charge in [-0.25, -0.2) is 4.98 Å². The number of hydrogen-bond donors (Lipinski definition) is 0. The van der Waals surface area contributed by atoms with Crippen molar-refractivity contribution < 1.29 is 4.79 Å². The Balaban J connectivity index is 1.77. The monoisotopic (exact) mass is 326 g/mol. The van der Waals surface area contributed by atoms with Crippen molar-refractivity contribution in [2.75, 3.05) is 6.54 Å². The summed E-state index contributed by atoms with van der Waals surface area (Å²) < 4.78 is 0. The number of hydrogen-bond acceptors (Lipinski definition) is 2. The van der Waals surface area contributed by atoms with Crippen LogP contribution in [0.3, 0.4) is 0 Å². The number of aromatic nitrogens is 1. The highest BCUT2D eigenvalue weighted by Crippen LogP contribution is 2.35. The fourth-order valence-corrected chi connectivity index (χ4v) is 4.03. The van der Waals surface area contributed by atoms with E-state index in [4.69, 9.17) is 23.2 Å². The topological polar surface area (TPSA) is 33.2 Å². The molecule has 0 aromatic carbocycles. The lowest BCUT2D eigenvalue weighted by molar-refractivity contribution is 0.0661. The fourth-order valence-electron chi connectivity index (χ4n) is 3.76. The first-order valence-corrected chi connectivity index (χ1v) is 8.54. The quantitative estimate of drug-likeness (QED) is 0.745.